The molecule has 0 bridgehead atoms. The van der Waals surface area contributed by atoms with Crippen molar-refractivity contribution in [2.75, 3.05) is 11.9 Å². The van der Waals surface area contributed by atoms with Crippen LogP contribution >= 0.6 is 0 Å². The number of nitrogens with zero attached hydrogens (tertiary/aromatic N) is 5. The van der Waals surface area contributed by atoms with Crippen molar-refractivity contribution in [2.45, 2.75) is 19.4 Å². The number of benzene rings is 1. The summed E-state index contributed by atoms with van der Waals surface area (Å²) in [7, 11) is 1.80. The third kappa shape index (κ3) is 2.99. The first-order chi connectivity index (χ1) is 12.6. The molecule has 1 aliphatic heterocycles. The van der Waals surface area contributed by atoms with Gasteiger partial charge in [-0.1, -0.05) is 12.1 Å². The molecule has 130 valence electrons. The van der Waals surface area contributed by atoms with Crippen molar-refractivity contribution >= 4 is 17.4 Å². The van der Waals surface area contributed by atoms with Crippen LogP contribution in [-0.2, 0) is 17.8 Å². The maximum absolute atomic E-state index is 12.4. The van der Waals surface area contributed by atoms with E-state index in [1.54, 1.807) is 47.5 Å². The predicted octanol–water partition coefficient (Wildman–Crippen LogP) is 1.86. The van der Waals surface area contributed by atoms with E-state index in [0.29, 0.717) is 18.5 Å². The summed E-state index contributed by atoms with van der Waals surface area (Å²) in [6, 6.07) is 9.31. The fraction of sp³-hybridized carbons (Fsp3) is 0.211. The number of anilines is 1. The van der Waals surface area contributed by atoms with Crippen LogP contribution in [-0.4, -0.2) is 38.5 Å². The van der Waals surface area contributed by atoms with Crippen molar-refractivity contribution in [1.82, 2.24) is 19.7 Å². The van der Waals surface area contributed by atoms with Crippen LogP contribution in [0.3, 0.4) is 0 Å². The van der Waals surface area contributed by atoms with E-state index in [1.165, 1.54) is 0 Å². The first-order valence-corrected chi connectivity index (χ1v) is 8.34. The molecule has 0 radical (unpaired) electrons. The van der Waals surface area contributed by atoms with E-state index in [-0.39, 0.29) is 17.5 Å². The number of hydrogen-bond donors (Lipinski definition) is 0. The summed E-state index contributed by atoms with van der Waals surface area (Å²) in [4.78, 5) is 33.9. The topological polar surface area (TPSA) is 81.0 Å². The van der Waals surface area contributed by atoms with Crippen LogP contribution in [0.25, 0.3) is 0 Å². The van der Waals surface area contributed by atoms with Crippen LogP contribution in [0.1, 0.15) is 33.7 Å². The first kappa shape index (κ1) is 16.1. The third-order valence-electron chi connectivity index (χ3n) is 4.51. The number of aromatic nitrogens is 4. The molecule has 0 atom stereocenters. The molecule has 0 saturated carbocycles. The Balaban J connectivity index is 1.53. The molecule has 3 heterocycles. The maximum Gasteiger partial charge on any atom is 0.232 e. The Morgan fingerprint density at radius 1 is 1.15 bits per heavy atom. The minimum absolute atomic E-state index is 0.140. The number of ketones is 1. The minimum atomic E-state index is -0.225. The zero-order valence-electron chi connectivity index (χ0n) is 14.3. The van der Waals surface area contributed by atoms with Crippen LogP contribution in [0.15, 0.2) is 49.1 Å². The monoisotopic (exact) mass is 347 g/mol. The summed E-state index contributed by atoms with van der Waals surface area (Å²) in [5.41, 5.74) is 3.67. The fourth-order valence-corrected chi connectivity index (χ4v) is 3.10. The molecule has 1 aromatic carbocycles. The van der Waals surface area contributed by atoms with E-state index >= 15 is 0 Å². The van der Waals surface area contributed by atoms with Gasteiger partial charge in [0.25, 0.3) is 0 Å². The van der Waals surface area contributed by atoms with Crippen molar-refractivity contribution in [3.05, 3.63) is 71.6 Å². The highest BCUT2D eigenvalue weighted by atomic mass is 16.2. The lowest BCUT2D eigenvalue weighted by Crippen LogP contribution is -2.31. The number of carbonyl (C=O) groups is 2. The summed E-state index contributed by atoms with van der Waals surface area (Å²) in [6.07, 6.45) is 5.97. The summed E-state index contributed by atoms with van der Waals surface area (Å²) >= 11 is 0. The van der Waals surface area contributed by atoms with Crippen LogP contribution in [0, 0.1) is 0 Å². The van der Waals surface area contributed by atoms with Gasteiger partial charge in [0.1, 0.15) is 6.33 Å². The van der Waals surface area contributed by atoms with Crippen molar-refractivity contribution in [3.8, 4) is 0 Å². The molecule has 0 unspecified atom stereocenters. The number of carbonyl (C=O) groups excluding carboxylic acids is 2. The molecule has 2 aromatic heterocycles. The third-order valence-corrected chi connectivity index (χ3v) is 4.51. The van der Waals surface area contributed by atoms with Crippen molar-refractivity contribution in [1.29, 1.82) is 0 Å². The molecule has 7 nitrogen and oxygen atoms in total. The number of amides is 1. The molecule has 0 N–H and O–H groups in total. The Morgan fingerprint density at radius 3 is 2.77 bits per heavy atom. The standard InChI is InChI=1S/C19H17N5O2/c1-23-16-4-2-13(10-15(16)3-5-17(23)25)11-24-12-21-19(22-24)18(26)14-6-8-20-9-7-14/h2,4,6-10,12H,3,5,11H2,1H3. The van der Waals surface area contributed by atoms with E-state index in [1.807, 2.05) is 12.1 Å². The van der Waals surface area contributed by atoms with Gasteiger partial charge in [-0.05, 0) is 35.7 Å². The molecule has 26 heavy (non-hydrogen) atoms. The van der Waals surface area contributed by atoms with Crippen LogP contribution in [0.5, 0.6) is 0 Å². The van der Waals surface area contributed by atoms with Crippen LogP contribution in [0.2, 0.25) is 0 Å². The molecule has 3 aromatic rings. The SMILES string of the molecule is CN1C(=O)CCc2cc(Cn3cnc(C(=O)c4ccncc4)n3)ccc21. The molecular formula is C19H17N5O2. The van der Waals surface area contributed by atoms with E-state index in [4.69, 9.17) is 0 Å². The molecule has 1 aliphatic rings. The molecule has 0 fully saturated rings. The van der Waals surface area contributed by atoms with Gasteiger partial charge in [0, 0.05) is 37.1 Å². The second-order valence-corrected chi connectivity index (χ2v) is 6.25. The van der Waals surface area contributed by atoms with Gasteiger partial charge in [0.05, 0.1) is 6.54 Å². The van der Waals surface area contributed by atoms with Gasteiger partial charge in [0.2, 0.25) is 17.5 Å². The van der Waals surface area contributed by atoms with E-state index < -0.39 is 0 Å². The zero-order chi connectivity index (χ0) is 18.1. The first-order valence-electron chi connectivity index (χ1n) is 8.34. The summed E-state index contributed by atoms with van der Waals surface area (Å²) in [5, 5.41) is 4.29. The molecule has 4 rings (SSSR count). The number of fused-ring (bicyclic) bond motifs is 1. The summed E-state index contributed by atoms with van der Waals surface area (Å²) in [5.74, 6) is 0.0806. The maximum atomic E-state index is 12.4. The number of rotatable bonds is 4. The second-order valence-electron chi connectivity index (χ2n) is 6.25. The second kappa shape index (κ2) is 6.51. The Hall–Kier alpha value is -3.35. The van der Waals surface area contributed by atoms with Gasteiger partial charge in [-0.25, -0.2) is 9.67 Å². The van der Waals surface area contributed by atoms with E-state index in [9.17, 15) is 9.59 Å². The lowest BCUT2D eigenvalue weighted by molar-refractivity contribution is -0.118. The number of pyridine rings is 1. The molecule has 7 heteroatoms. The Labute approximate surface area is 150 Å². The Morgan fingerprint density at radius 2 is 1.96 bits per heavy atom. The normalized spacial score (nSPS) is 13.6. The van der Waals surface area contributed by atoms with Crippen molar-refractivity contribution < 1.29 is 9.59 Å². The van der Waals surface area contributed by atoms with Crippen LogP contribution < -0.4 is 4.90 Å². The number of hydrogen-bond acceptors (Lipinski definition) is 5. The largest absolute Gasteiger partial charge is 0.315 e. The van der Waals surface area contributed by atoms with Gasteiger partial charge in [-0.2, -0.15) is 0 Å². The van der Waals surface area contributed by atoms with Gasteiger partial charge < -0.3 is 4.90 Å². The smallest absolute Gasteiger partial charge is 0.232 e. The summed E-state index contributed by atoms with van der Waals surface area (Å²) < 4.78 is 1.65. The average Bonchev–Trinajstić information content (AvgIpc) is 3.13. The van der Waals surface area contributed by atoms with Crippen molar-refractivity contribution in [2.24, 2.45) is 0 Å². The molecule has 1 amide bonds. The van der Waals surface area contributed by atoms with Gasteiger partial charge in [-0.15, -0.1) is 5.10 Å². The van der Waals surface area contributed by atoms with Gasteiger partial charge >= 0.3 is 0 Å². The molecule has 0 spiro atoms. The molecular weight excluding hydrogens is 330 g/mol. The Bertz CT molecular complexity index is 981. The van der Waals surface area contributed by atoms with Gasteiger partial charge in [0.15, 0.2) is 0 Å². The quantitative estimate of drug-likeness (QED) is 0.673. The molecule has 0 aliphatic carbocycles. The lowest BCUT2D eigenvalue weighted by atomic mass is 9.99. The minimum Gasteiger partial charge on any atom is -0.315 e. The predicted molar refractivity (Wildman–Crippen MR) is 95.0 cm³/mol. The lowest BCUT2D eigenvalue weighted by Gasteiger charge is -2.26. The number of aryl methyl sites for hydroxylation is 1. The van der Waals surface area contributed by atoms with E-state index in [0.717, 1.165) is 23.2 Å². The highest BCUT2D eigenvalue weighted by Gasteiger charge is 2.21. The Kier molecular flexibility index (Phi) is 4.04. The fourth-order valence-electron chi connectivity index (χ4n) is 3.10. The van der Waals surface area contributed by atoms with E-state index in [2.05, 4.69) is 21.1 Å². The average molecular weight is 347 g/mol. The summed E-state index contributed by atoms with van der Waals surface area (Å²) in [6.45, 7) is 0.515. The highest BCUT2D eigenvalue weighted by Crippen LogP contribution is 2.27. The highest BCUT2D eigenvalue weighted by molar-refractivity contribution is 6.06. The van der Waals surface area contributed by atoms with Crippen molar-refractivity contribution in [3.63, 3.8) is 0 Å². The molecule has 0 saturated heterocycles. The van der Waals surface area contributed by atoms with Gasteiger partial charge in [-0.3, -0.25) is 14.6 Å². The van der Waals surface area contributed by atoms with Crippen LogP contribution in [0.4, 0.5) is 5.69 Å². The zero-order valence-corrected chi connectivity index (χ0v) is 14.3.